The van der Waals surface area contributed by atoms with Gasteiger partial charge in [0.2, 0.25) is 0 Å². The summed E-state index contributed by atoms with van der Waals surface area (Å²) in [5.74, 6) is -0.828. The number of ether oxygens (including phenoxy) is 2. The van der Waals surface area contributed by atoms with Crippen LogP contribution < -0.4 is 0 Å². The van der Waals surface area contributed by atoms with E-state index in [9.17, 15) is 4.79 Å². The molecule has 0 amide bonds. The van der Waals surface area contributed by atoms with E-state index in [1.807, 2.05) is 0 Å². The van der Waals surface area contributed by atoms with Crippen molar-refractivity contribution in [3.8, 4) is 0 Å². The number of aliphatic carboxylic acids is 1. The number of hydrogen-bond acceptors (Lipinski definition) is 3. The summed E-state index contributed by atoms with van der Waals surface area (Å²) in [5.41, 5.74) is 0.431. The summed E-state index contributed by atoms with van der Waals surface area (Å²) in [6.45, 7) is 5.25. The molecule has 0 radical (unpaired) electrons. The van der Waals surface area contributed by atoms with Gasteiger partial charge in [-0.05, 0) is 33.1 Å². The lowest BCUT2D eigenvalue weighted by Gasteiger charge is -2.11. The highest BCUT2D eigenvalue weighted by atomic mass is 16.6. The maximum Gasteiger partial charge on any atom is 0.330 e. The largest absolute Gasteiger partial charge is 0.478 e. The van der Waals surface area contributed by atoms with Crippen molar-refractivity contribution < 1.29 is 19.4 Å². The summed E-state index contributed by atoms with van der Waals surface area (Å²) < 4.78 is 10.7. The van der Waals surface area contributed by atoms with Gasteiger partial charge in [-0.15, -0.1) is 0 Å². The number of allylic oxidation sites excluding steroid dienone is 1. The zero-order valence-corrected chi connectivity index (χ0v) is 10.6. The lowest BCUT2D eigenvalue weighted by atomic mass is 10.1. The molecule has 1 aliphatic rings. The number of hydrogen-bond donors (Lipinski definition) is 1. The molecule has 2 atom stereocenters. The molecule has 0 saturated carbocycles. The van der Waals surface area contributed by atoms with Crippen LogP contribution >= 0.6 is 0 Å². The second-order valence-electron chi connectivity index (χ2n) is 4.58. The second kappa shape index (κ2) is 7.45. The average Bonchev–Trinajstić information content (AvgIpc) is 3.09. The van der Waals surface area contributed by atoms with Crippen molar-refractivity contribution in [1.82, 2.24) is 0 Å². The smallest absolute Gasteiger partial charge is 0.330 e. The van der Waals surface area contributed by atoms with Crippen molar-refractivity contribution in [2.45, 2.75) is 51.7 Å². The fourth-order valence-corrected chi connectivity index (χ4v) is 1.50. The van der Waals surface area contributed by atoms with Crippen LogP contribution in [-0.2, 0) is 14.3 Å². The summed E-state index contributed by atoms with van der Waals surface area (Å²) in [5, 5.41) is 8.65. The van der Waals surface area contributed by atoms with Crippen LogP contribution in [0.15, 0.2) is 11.6 Å². The molecule has 0 bridgehead atoms. The maximum absolute atomic E-state index is 10.5. The Labute approximate surface area is 103 Å². The molecule has 1 aliphatic heterocycles. The topological polar surface area (TPSA) is 59.1 Å². The van der Waals surface area contributed by atoms with Gasteiger partial charge >= 0.3 is 5.97 Å². The zero-order valence-electron chi connectivity index (χ0n) is 10.6. The molecular weight excluding hydrogens is 220 g/mol. The molecule has 2 unspecified atom stereocenters. The Hall–Kier alpha value is -0.870. The number of rotatable bonds is 9. The molecule has 0 aliphatic carbocycles. The van der Waals surface area contributed by atoms with Crippen molar-refractivity contribution in [2.75, 3.05) is 13.2 Å². The van der Waals surface area contributed by atoms with Gasteiger partial charge in [0.05, 0.1) is 19.3 Å². The van der Waals surface area contributed by atoms with Gasteiger partial charge in [-0.3, -0.25) is 0 Å². The Bertz CT molecular complexity index is 269. The molecule has 0 aromatic rings. The van der Waals surface area contributed by atoms with Gasteiger partial charge in [0.1, 0.15) is 6.10 Å². The van der Waals surface area contributed by atoms with Crippen molar-refractivity contribution in [3.05, 3.63) is 11.6 Å². The number of carbonyl (C=O) groups is 1. The number of epoxide rings is 1. The normalized spacial score (nSPS) is 21.3. The minimum Gasteiger partial charge on any atom is -0.478 e. The van der Waals surface area contributed by atoms with E-state index in [-0.39, 0.29) is 6.10 Å². The van der Waals surface area contributed by atoms with Gasteiger partial charge in [-0.25, -0.2) is 4.79 Å². The molecule has 0 aromatic carbocycles. The average molecular weight is 242 g/mol. The van der Waals surface area contributed by atoms with Gasteiger partial charge in [0, 0.05) is 5.57 Å². The predicted octanol–water partition coefficient (Wildman–Crippen LogP) is 2.38. The fraction of sp³-hybridized carbons (Fsp3) is 0.769. The summed E-state index contributed by atoms with van der Waals surface area (Å²) in [7, 11) is 0. The van der Waals surface area contributed by atoms with Crippen LogP contribution in [0.4, 0.5) is 0 Å². The molecule has 4 heteroatoms. The Kier molecular flexibility index (Phi) is 6.22. The van der Waals surface area contributed by atoms with Crippen molar-refractivity contribution >= 4 is 5.97 Å². The summed E-state index contributed by atoms with van der Waals surface area (Å²) in [4.78, 5) is 10.5. The Morgan fingerprint density at radius 3 is 2.88 bits per heavy atom. The van der Waals surface area contributed by atoms with Gasteiger partial charge in [-0.1, -0.05) is 12.5 Å². The predicted molar refractivity (Wildman–Crippen MR) is 65.0 cm³/mol. The van der Waals surface area contributed by atoms with E-state index in [0.29, 0.717) is 18.3 Å². The third kappa shape index (κ3) is 7.13. The third-order valence-electron chi connectivity index (χ3n) is 2.82. The lowest BCUT2D eigenvalue weighted by molar-refractivity contribution is -0.132. The van der Waals surface area contributed by atoms with Gasteiger partial charge in [0.15, 0.2) is 0 Å². The van der Waals surface area contributed by atoms with Crippen LogP contribution in [0.2, 0.25) is 0 Å². The second-order valence-corrected chi connectivity index (χ2v) is 4.58. The van der Waals surface area contributed by atoms with E-state index >= 15 is 0 Å². The first-order chi connectivity index (χ1) is 8.09. The molecule has 0 aromatic heterocycles. The van der Waals surface area contributed by atoms with Gasteiger partial charge < -0.3 is 14.6 Å². The Balaban J connectivity index is 1.95. The first-order valence-electron chi connectivity index (χ1n) is 6.23. The SMILES string of the molecule is CC(=CCCCCC(C)OCC1CO1)C(=O)O. The van der Waals surface area contributed by atoms with E-state index in [1.165, 1.54) is 0 Å². The van der Waals surface area contributed by atoms with Gasteiger partial charge in [0.25, 0.3) is 0 Å². The van der Waals surface area contributed by atoms with Crippen LogP contribution in [-0.4, -0.2) is 36.5 Å². The number of carboxylic acids is 1. The molecular formula is C13H22O4. The third-order valence-corrected chi connectivity index (χ3v) is 2.82. The monoisotopic (exact) mass is 242 g/mol. The van der Waals surface area contributed by atoms with E-state index in [1.54, 1.807) is 13.0 Å². The minimum absolute atomic E-state index is 0.267. The van der Waals surface area contributed by atoms with Crippen LogP contribution in [0.1, 0.15) is 39.5 Å². The summed E-state index contributed by atoms with van der Waals surface area (Å²) in [6, 6.07) is 0. The van der Waals surface area contributed by atoms with E-state index < -0.39 is 5.97 Å². The highest BCUT2D eigenvalue weighted by Gasteiger charge is 2.23. The molecule has 4 nitrogen and oxygen atoms in total. The Morgan fingerprint density at radius 2 is 2.29 bits per heavy atom. The molecule has 98 valence electrons. The molecule has 17 heavy (non-hydrogen) atoms. The van der Waals surface area contributed by atoms with E-state index in [2.05, 4.69) is 6.92 Å². The summed E-state index contributed by atoms with van der Waals surface area (Å²) in [6.07, 6.45) is 6.31. The van der Waals surface area contributed by atoms with Crippen molar-refractivity contribution in [2.24, 2.45) is 0 Å². The lowest BCUT2D eigenvalue weighted by Crippen LogP contribution is -2.12. The number of carboxylic acid groups (broad SMARTS) is 1. The van der Waals surface area contributed by atoms with E-state index in [4.69, 9.17) is 14.6 Å². The van der Waals surface area contributed by atoms with Gasteiger partial charge in [-0.2, -0.15) is 0 Å². The first-order valence-corrected chi connectivity index (χ1v) is 6.23. The molecule has 1 fully saturated rings. The molecule has 1 heterocycles. The molecule has 1 N–H and O–H groups in total. The van der Waals surface area contributed by atoms with Crippen molar-refractivity contribution in [3.63, 3.8) is 0 Å². The quantitative estimate of drug-likeness (QED) is 0.383. The number of unbranched alkanes of at least 4 members (excludes halogenated alkanes) is 2. The minimum atomic E-state index is -0.828. The molecule has 1 saturated heterocycles. The molecule has 0 spiro atoms. The van der Waals surface area contributed by atoms with Crippen LogP contribution in [0.3, 0.4) is 0 Å². The maximum atomic E-state index is 10.5. The highest BCUT2D eigenvalue weighted by Crippen LogP contribution is 2.13. The molecule has 1 rings (SSSR count). The van der Waals surface area contributed by atoms with E-state index in [0.717, 1.165) is 32.3 Å². The zero-order chi connectivity index (χ0) is 12.7. The Morgan fingerprint density at radius 1 is 1.59 bits per heavy atom. The highest BCUT2D eigenvalue weighted by molar-refractivity contribution is 5.85. The van der Waals surface area contributed by atoms with Crippen LogP contribution in [0.25, 0.3) is 0 Å². The van der Waals surface area contributed by atoms with Crippen LogP contribution in [0, 0.1) is 0 Å². The van der Waals surface area contributed by atoms with Crippen molar-refractivity contribution in [1.29, 1.82) is 0 Å². The summed E-state index contributed by atoms with van der Waals surface area (Å²) >= 11 is 0. The standard InChI is InChI=1S/C13H22O4/c1-10(13(14)15)6-4-3-5-7-11(2)16-8-12-9-17-12/h6,11-12H,3-5,7-9H2,1-2H3,(H,14,15). The first kappa shape index (κ1) is 14.2. The van der Waals surface area contributed by atoms with Crippen LogP contribution in [0.5, 0.6) is 0 Å². The fourth-order valence-electron chi connectivity index (χ4n) is 1.50.